The van der Waals surface area contributed by atoms with Gasteiger partial charge in [-0.15, -0.1) is 0 Å². The van der Waals surface area contributed by atoms with Gasteiger partial charge in [-0.2, -0.15) is 0 Å². The summed E-state index contributed by atoms with van der Waals surface area (Å²) in [6, 6.07) is 9.09. The highest BCUT2D eigenvalue weighted by atomic mass is 16.5. The Morgan fingerprint density at radius 2 is 2.16 bits per heavy atom. The Morgan fingerprint density at radius 3 is 2.88 bits per heavy atom. The third-order valence-corrected chi connectivity index (χ3v) is 5.18. The Labute approximate surface area is 146 Å². The van der Waals surface area contributed by atoms with E-state index in [1.165, 1.54) is 6.26 Å². The van der Waals surface area contributed by atoms with E-state index in [1.54, 1.807) is 18.3 Å². The Bertz CT molecular complexity index is 693. The molecule has 0 radical (unpaired) electrons. The van der Waals surface area contributed by atoms with Crippen molar-refractivity contribution in [1.29, 1.82) is 0 Å². The molecule has 25 heavy (non-hydrogen) atoms. The molecule has 2 saturated heterocycles. The molecule has 6 heteroatoms. The van der Waals surface area contributed by atoms with E-state index in [9.17, 15) is 4.79 Å². The number of nitrogens with zero attached hydrogens (tertiary/aromatic N) is 2. The van der Waals surface area contributed by atoms with Crippen molar-refractivity contribution >= 4 is 5.91 Å². The minimum Gasteiger partial charge on any atom is -0.475 e. The van der Waals surface area contributed by atoms with E-state index in [0.29, 0.717) is 18.2 Å². The van der Waals surface area contributed by atoms with Crippen LogP contribution in [0.1, 0.15) is 29.8 Å². The summed E-state index contributed by atoms with van der Waals surface area (Å²) in [5.41, 5.74) is 0.165. The molecule has 4 heterocycles. The van der Waals surface area contributed by atoms with Crippen LogP contribution in [0.15, 0.2) is 47.2 Å². The van der Waals surface area contributed by atoms with Gasteiger partial charge in [-0.25, -0.2) is 4.98 Å². The third kappa shape index (κ3) is 3.54. The van der Waals surface area contributed by atoms with Gasteiger partial charge in [-0.05, 0) is 42.9 Å². The van der Waals surface area contributed by atoms with Crippen LogP contribution in [0.4, 0.5) is 0 Å². The van der Waals surface area contributed by atoms with Gasteiger partial charge in [-0.3, -0.25) is 4.79 Å². The highest BCUT2D eigenvalue weighted by Gasteiger charge is 2.43. The van der Waals surface area contributed by atoms with Gasteiger partial charge in [0.15, 0.2) is 5.76 Å². The molecule has 2 aliphatic rings. The summed E-state index contributed by atoms with van der Waals surface area (Å²) in [4.78, 5) is 18.4. The third-order valence-electron chi connectivity index (χ3n) is 5.18. The van der Waals surface area contributed by atoms with Gasteiger partial charge >= 0.3 is 0 Å². The molecular formula is C19H22N2O4. The van der Waals surface area contributed by atoms with Crippen molar-refractivity contribution in [2.45, 2.75) is 25.4 Å². The minimum atomic E-state index is -0.0196. The predicted molar refractivity (Wildman–Crippen MR) is 90.4 cm³/mol. The van der Waals surface area contributed by atoms with Gasteiger partial charge in [0.05, 0.1) is 19.0 Å². The van der Waals surface area contributed by atoms with Crippen LogP contribution < -0.4 is 4.74 Å². The van der Waals surface area contributed by atoms with E-state index >= 15 is 0 Å². The summed E-state index contributed by atoms with van der Waals surface area (Å²) in [6.07, 6.45) is 6.24. The molecule has 1 atom stereocenters. The molecule has 132 valence electrons. The van der Waals surface area contributed by atoms with Crippen molar-refractivity contribution in [1.82, 2.24) is 9.88 Å². The van der Waals surface area contributed by atoms with E-state index in [0.717, 1.165) is 39.0 Å². The fourth-order valence-electron chi connectivity index (χ4n) is 3.70. The average Bonchev–Trinajstić information content (AvgIpc) is 3.32. The lowest BCUT2D eigenvalue weighted by Crippen LogP contribution is -2.43. The predicted octanol–water partition coefficient (Wildman–Crippen LogP) is 2.76. The number of furan rings is 1. The second kappa shape index (κ2) is 6.88. The fourth-order valence-corrected chi connectivity index (χ4v) is 3.70. The van der Waals surface area contributed by atoms with Gasteiger partial charge in [0, 0.05) is 25.4 Å². The topological polar surface area (TPSA) is 64.8 Å². The van der Waals surface area contributed by atoms with Crippen LogP contribution in [-0.4, -0.2) is 48.2 Å². The monoisotopic (exact) mass is 342 g/mol. The van der Waals surface area contributed by atoms with Crippen molar-refractivity contribution in [3.8, 4) is 5.88 Å². The number of piperidine rings is 1. The number of aromatic nitrogens is 1. The number of amides is 1. The largest absolute Gasteiger partial charge is 0.475 e. The Morgan fingerprint density at radius 1 is 1.28 bits per heavy atom. The first kappa shape index (κ1) is 16.1. The van der Waals surface area contributed by atoms with Crippen LogP contribution in [-0.2, 0) is 4.74 Å². The first-order chi connectivity index (χ1) is 12.2. The molecule has 0 bridgehead atoms. The first-order valence-corrected chi connectivity index (χ1v) is 8.72. The lowest BCUT2D eigenvalue weighted by molar-refractivity contribution is 0.0410. The van der Waals surface area contributed by atoms with Gasteiger partial charge in [0.2, 0.25) is 5.88 Å². The lowest BCUT2D eigenvalue weighted by atomic mass is 9.76. The summed E-state index contributed by atoms with van der Waals surface area (Å²) in [5, 5.41) is 0. The highest BCUT2D eigenvalue weighted by molar-refractivity contribution is 5.91. The number of ether oxygens (including phenoxy) is 2. The van der Waals surface area contributed by atoms with Crippen molar-refractivity contribution in [3.63, 3.8) is 0 Å². The number of likely N-dealkylation sites (tertiary alicyclic amines) is 1. The number of hydrogen-bond acceptors (Lipinski definition) is 5. The quantitative estimate of drug-likeness (QED) is 0.855. The summed E-state index contributed by atoms with van der Waals surface area (Å²) in [5.74, 6) is 1.03. The number of pyridine rings is 1. The molecule has 0 aromatic carbocycles. The van der Waals surface area contributed by atoms with Gasteiger partial charge in [0.25, 0.3) is 5.91 Å². The molecule has 0 aliphatic carbocycles. The zero-order chi connectivity index (χ0) is 17.1. The highest BCUT2D eigenvalue weighted by Crippen LogP contribution is 2.42. The van der Waals surface area contributed by atoms with E-state index in [4.69, 9.17) is 13.9 Å². The lowest BCUT2D eigenvalue weighted by Gasteiger charge is -2.38. The maximum absolute atomic E-state index is 12.4. The van der Waals surface area contributed by atoms with Crippen molar-refractivity contribution < 1.29 is 18.7 Å². The van der Waals surface area contributed by atoms with E-state index in [1.807, 2.05) is 23.1 Å². The smallest absolute Gasteiger partial charge is 0.289 e. The molecule has 0 unspecified atom stereocenters. The molecule has 2 aliphatic heterocycles. The number of rotatable bonds is 4. The molecule has 1 amide bonds. The SMILES string of the molecule is O=C(c1ccco1)N1CCC2(CC1)CO[C@H](COc1ccccn1)C2. The maximum atomic E-state index is 12.4. The van der Waals surface area contributed by atoms with Crippen molar-refractivity contribution in [2.75, 3.05) is 26.3 Å². The fraction of sp³-hybridized carbons (Fsp3) is 0.474. The second-order valence-electron chi connectivity index (χ2n) is 6.89. The molecule has 2 fully saturated rings. The summed E-state index contributed by atoms with van der Waals surface area (Å²) in [6.45, 7) is 2.76. The summed E-state index contributed by atoms with van der Waals surface area (Å²) < 4.78 is 16.9. The molecule has 1 spiro atoms. The molecule has 0 saturated carbocycles. The standard InChI is InChI=1S/C19H22N2O4/c22-18(16-4-3-11-23-16)21-9-6-19(7-10-21)12-15(25-14-19)13-24-17-5-1-2-8-20-17/h1-5,8,11,15H,6-7,9-10,12-14H2/t15-/m0/s1. The minimum absolute atomic E-state index is 0.0196. The Balaban J connectivity index is 1.28. The van der Waals surface area contributed by atoms with Crippen LogP contribution in [0.25, 0.3) is 0 Å². The molecular weight excluding hydrogens is 320 g/mol. The van der Waals surface area contributed by atoms with E-state index < -0.39 is 0 Å². The molecule has 0 N–H and O–H groups in total. The second-order valence-corrected chi connectivity index (χ2v) is 6.89. The van der Waals surface area contributed by atoms with Crippen LogP contribution >= 0.6 is 0 Å². The molecule has 2 aromatic heterocycles. The average molecular weight is 342 g/mol. The number of carbonyl (C=O) groups excluding carboxylic acids is 1. The molecule has 6 nitrogen and oxygen atoms in total. The summed E-state index contributed by atoms with van der Waals surface area (Å²) >= 11 is 0. The Kier molecular flexibility index (Phi) is 4.44. The number of carbonyl (C=O) groups is 1. The maximum Gasteiger partial charge on any atom is 0.289 e. The normalized spacial score (nSPS) is 22.2. The van der Waals surface area contributed by atoms with Crippen LogP contribution in [0.2, 0.25) is 0 Å². The van der Waals surface area contributed by atoms with Crippen LogP contribution in [0, 0.1) is 5.41 Å². The van der Waals surface area contributed by atoms with Crippen molar-refractivity contribution in [3.05, 3.63) is 48.6 Å². The Hall–Kier alpha value is -2.34. The zero-order valence-corrected chi connectivity index (χ0v) is 14.1. The zero-order valence-electron chi connectivity index (χ0n) is 14.1. The van der Waals surface area contributed by atoms with Crippen molar-refractivity contribution in [2.24, 2.45) is 5.41 Å². The van der Waals surface area contributed by atoms with Gasteiger partial charge in [-0.1, -0.05) is 6.07 Å². The number of hydrogen-bond donors (Lipinski definition) is 0. The van der Waals surface area contributed by atoms with Gasteiger partial charge < -0.3 is 18.8 Å². The van der Waals surface area contributed by atoms with Gasteiger partial charge in [0.1, 0.15) is 6.61 Å². The molecule has 2 aromatic rings. The molecule has 4 rings (SSSR count). The summed E-state index contributed by atoms with van der Waals surface area (Å²) in [7, 11) is 0. The van der Waals surface area contributed by atoms with E-state index in [-0.39, 0.29) is 17.4 Å². The van der Waals surface area contributed by atoms with E-state index in [2.05, 4.69) is 4.98 Å². The van der Waals surface area contributed by atoms with Crippen LogP contribution in [0.5, 0.6) is 5.88 Å². The first-order valence-electron chi connectivity index (χ1n) is 8.72. The van der Waals surface area contributed by atoms with Crippen LogP contribution in [0.3, 0.4) is 0 Å².